The van der Waals surface area contributed by atoms with Crippen LogP contribution >= 0.6 is 0 Å². The molecule has 8 aromatic rings. The fourth-order valence-corrected chi connectivity index (χ4v) is 6.27. The summed E-state index contributed by atoms with van der Waals surface area (Å²) in [4.78, 5) is 38.0. The zero-order valence-corrected chi connectivity index (χ0v) is 27.7. The Kier molecular flexibility index (Phi) is 7.99. The third-order valence-electron chi connectivity index (χ3n) is 8.87. The molecule has 1 aliphatic heterocycles. The highest BCUT2D eigenvalue weighted by molar-refractivity contribution is 6.21. The van der Waals surface area contributed by atoms with Crippen molar-refractivity contribution in [2.24, 2.45) is 9.98 Å². The van der Waals surface area contributed by atoms with Crippen LogP contribution in [0.5, 0.6) is 0 Å². The standard InChI is InChI=1S/C44H28N8/c1-3-19-47-37(7-1)35-23-33(25-45-27-35)29-11-15-31(16-12-29)41-43-39(9-5-21-49-43)52-42(44-40(51-41)10-6-22-50-44)32-17-13-30(14-18-32)34-24-36(28-46-26-34)38-8-2-4-20-48-38/h1-28H/b43-41?,44-42?,51-40?,51-41-,52-39?,52-42-. The van der Waals surface area contributed by atoms with Crippen molar-refractivity contribution in [1.29, 1.82) is 0 Å². The number of aromatic nitrogens is 6. The molecule has 9 rings (SSSR count). The van der Waals surface area contributed by atoms with E-state index in [2.05, 4.69) is 80.6 Å². The summed E-state index contributed by atoms with van der Waals surface area (Å²) < 4.78 is 0. The lowest BCUT2D eigenvalue weighted by Crippen LogP contribution is -2.12. The topological polar surface area (TPSA) is 102 Å². The Bertz CT molecular complexity index is 2420. The molecule has 0 radical (unpaired) electrons. The van der Waals surface area contributed by atoms with E-state index in [4.69, 9.17) is 20.0 Å². The highest BCUT2D eigenvalue weighted by atomic mass is 14.9. The van der Waals surface area contributed by atoms with Crippen LogP contribution < -0.4 is 0 Å². The first-order chi connectivity index (χ1) is 25.8. The maximum absolute atomic E-state index is 5.22. The molecule has 244 valence electrons. The van der Waals surface area contributed by atoms with E-state index in [1.165, 1.54) is 0 Å². The zero-order valence-electron chi connectivity index (χ0n) is 27.7. The molecule has 0 fully saturated rings. The molecule has 2 aromatic carbocycles. The SMILES string of the molecule is c1ccc(-c2cncc(-c3ccc(/C4=N/c5cccnc5/C(c5ccc(-c6cncc(-c7ccccn7)c6)cc5)=N\c5cccnc54)cc3)c2)nc1. The molecule has 0 atom stereocenters. The number of hydrogen-bond acceptors (Lipinski definition) is 8. The molecule has 0 unspecified atom stereocenters. The number of pyridine rings is 6. The van der Waals surface area contributed by atoms with Gasteiger partial charge in [-0.25, -0.2) is 9.98 Å². The van der Waals surface area contributed by atoms with Crippen molar-refractivity contribution in [3.05, 3.63) is 193 Å². The monoisotopic (exact) mass is 668 g/mol. The quantitative estimate of drug-likeness (QED) is 0.175. The Hall–Kier alpha value is -7.32. The summed E-state index contributed by atoms with van der Waals surface area (Å²) in [6, 6.07) is 40.3. The van der Waals surface area contributed by atoms with Gasteiger partial charge in [0, 0.05) is 83.0 Å². The lowest BCUT2D eigenvalue weighted by atomic mass is 9.97. The molecule has 0 saturated heterocycles. The molecule has 7 heterocycles. The van der Waals surface area contributed by atoms with Crippen molar-refractivity contribution in [2.45, 2.75) is 0 Å². The minimum Gasteiger partial charge on any atom is -0.263 e. The summed E-state index contributed by atoms with van der Waals surface area (Å²) in [5.74, 6) is 0. The Balaban J connectivity index is 1.07. The smallest absolute Gasteiger partial charge is 0.115 e. The summed E-state index contributed by atoms with van der Waals surface area (Å²) >= 11 is 0. The van der Waals surface area contributed by atoms with Gasteiger partial charge in [-0.3, -0.25) is 29.9 Å². The number of aliphatic imine (C=N–C) groups is 2. The maximum atomic E-state index is 5.22. The molecule has 52 heavy (non-hydrogen) atoms. The van der Waals surface area contributed by atoms with E-state index in [-0.39, 0.29) is 0 Å². The second-order valence-electron chi connectivity index (χ2n) is 12.2. The molecule has 8 nitrogen and oxygen atoms in total. The first kappa shape index (κ1) is 30.7. The van der Waals surface area contributed by atoms with E-state index < -0.39 is 0 Å². The van der Waals surface area contributed by atoms with Crippen LogP contribution in [0.4, 0.5) is 11.4 Å². The zero-order chi connectivity index (χ0) is 34.7. The summed E-state index contributed by atoms with van der Waals surface area (Å²) in [6.45, 7) is 0. The van der Waals surface area contributed by atoms with Crippen LogP contribution in [0.2, 0.25) is 0 Å². The van der Waals surface area contributed by atoms with Gasteiger partial charge in [0.1, 0.15) is 11.4 Å². The number of rotatable bonds is 6. The van der Waals surface area contributed by atoms with Gasteiger partial charge in [-0.1, -0.05) is 60.7 Å². The average Bonchev–Trinajstić information content (AvgIpc) is 3.22. The predicted octanol–water partition coefficient (Wildman–Crippen LogP) is 9.38. The van der Waals surface area contributed by atoms with Crippen molar-refractivity contribution in [3.63, 3.8) is 0 Å². The van der Waals surface area contributed by atoms with E-state index in [9.17, 15) is 0 Å². The van der Waals surface area contributed by atoms with Gasteiger partial charge in [-0.15, -0.1) is 0 Å². The molecule has 0 N–H and O–H groups in total. The van der Waals surface area contributed by atoms with Crippen LogP contribution in [0.1, 0.15) is 22.5 Å². The molecule has 0 aliphatic carbocycles. The lowest BCUT2D eigenvalue weighted by Gasteiger charge is -2.17. The first-order valence-corrected chi connectivity index (χ1v) is 16.8. The van der Waals surface area contributed by atoms with Crippen molar-refractivity contribution < 1.29 is 0 Å². The predicted molar refractivity (Wildman–Crippen MR) is 205 cm³/mol. The Morgan fingerprint density at radius 3 is 1.13 bits per heavy atom. The minimum absolute atomic E-state index is 0.690. The molecule has 0 saturated carbocycles. The van der Waals surface area contributed by atoms with Crippen molar-refractivity contribution >= 4 is 22.8 Å². The van der Waals surface area contributed by atoms with Crippen LogP contribution in [-0.4, -0.2) is 41.3 Å². The highest BCUT2D eigenvalue weighted by Crippen LogP contribution is 2.33. The molecule has 0 bridgehead atoms. The molecule has 0 amide bonds. The first-order valence-electron chi connectivity index (χ1n) is 16.8. The van der Waals surface area contributed by atoms with Gasteiger partial charge in [0.2, 0.25) is 0 Å². The van der Waals surface area contributed by atoms with Crippen LogP contribution in [0.25, 0.3) is 44.8 Å². The normalized spacial score (nSPS) is 14.1. The fraction of sp³-hybridized carbons (Fsp3) is 0. The Morgan fingerprint density at radius 1 is 0.308 bits per heavy atom. The summed E-state index contributed by atoms with van der Waals surface area (Å²) in [7, 11) is 0. The van der Waals surface area contributed by atoms with Crippen LogP contribution in [-0.2, 0) is 0 Å². The second kappa shape index (κ2) is 13.5. The summed E-state index contributed by atoms with van der Waals surface area (Å²) in [6.07, 6.45) is 14.5. The average molecular weight is 669 g/mol. The van der Waals surface area contributed by atoms with Gasteiger partial charge in [0.05, 0.1) is 34.2 Å². The number of nitrogens with zero attached hydrogens (tertiary/aromatic N) is 8. The van der Waals surface area contributed by atoms with Gasteiger partial charge in [0.15, 0.2) is 0 Å². The molecule has 8 heteroatoms. The third kappa shape index (κ3) is 6.05. The molecular weight excluding hydrogens is 641 g/mol. The number of hydrogen-bond donors (Lipinski definition) is 0. The number of fused-ring (bicyclic) bond motifs is 2. The second-order valence-corrected chi connectivity index (χ2v) is 12.2. The van der Waals surface area contributed by atoms with Gasteiger partial charge in [-0.05, 0) is 71.8 Å². The fourth-order valence-electron chi connectivity index (χ4n) is 6.27. The van der Waals surface area contributed by atoms with Crippen molar-refractivity contribution in [1.82, 2.24) is 29.9 Å². The summed E-state index contributed by atoms with van der Waals surface area (Å²) in [5, 5.41) is 0. The van der Waals surface area contributed by atoms with Crippen LogP contribution in [0.3, 0.4) is 0 Å². The van der Waals surface area contributed by atoms with Gasteiger partial charge < -0.3 is 0 Å². The highest BCUT2D eigenvalue weighted by Gasteiger charge is 2.22. The van der Waals surface area contributed by atoms with Crippen LogP contribution in [0, 0.1) is 0 Å². The molecular formula is C44H28N8. The van der Waals surface area contributed by atoms with E-state index in [0.717, 1.165) is 67.3 Å². The Morgan fingerprint density at radius 2 is 0.712 bits per heavy atom. The van der Waals surface area contributed by atoms with Crippen molar-refractivity contribution in [3.8, 4) is 44.8 Å². The van der Waals surface area contributed by atoms with Gasteiger partial charge >= 0.3 is 0 Å². The molecule has 1 aliphatic rings. The van der Waals surface area contributed by atoms with E-state index >= 15 is 0 Å². The third-order valence-corrected chi connectivity index (χ3v) is 8.87. The Labute approximate surface area is 300 Å². The van der Waals surface area contributed by atoms with Crippen molar-refractivity contribution in [2.75, 3.05) is 0 Å². The minimum atomic E-state index is 0.690. The maximum Gasteiger partial charge on any atom is 0.115 e. The lowest BCUT2D eigenvalue weighted by molar-refractivity contribution is 1.22. The molecule has 6 aromatic heterocycles. The number of benzene rings is 2. The van der Waals surface area contributed by atoms with Gasteiger partial charge in [0.25, 0.3) is 0 Å². The van der Waals surface area contributed by atoms with Gasteiger partial charge in [-0.2, -0.15) is 0 Å². The largest absolute Gasteiger partial charge is 0.263 e. The summed E-state index contributed by atoms with van der Waals surface area (Å²) in [5.41, 5.74) is 13.8. The van der Waals surface area contributed by atoms with E-state index in [1.54, 1.807) is 24.8 Å². The van der Waals surface area contributed by atoms with Crippen LogP contribution in [0.15, 0.2) is 181 Å². The van der Waals surface area contributed by atoms with E-state index in [0.29, 0.717) is 22.8 Å². The van der Waals surface area contributed by atoms with E-state index in [1.807, 2.05) is 85.5 Å². The molecule has 0 spiro atoms.